The number of nitrogens with two attached hydrogens (primary N) is 1. The molecule has 3 aromatic rings. The Bertz CT molecular complexity index is 692. The summed E-state index contributed by atoms with van der Waals surface area (Å²) in [6.45, 7) is 1.27. The van der Waals surface area contributed by atoms with Gasteiger partial charge in [0.15, 0.2) is 0 Å². The van der Waals surface area contributed by atoms with E-state index in [9.17, 15) is 0 Å². The molecule has 5 heteroatoms. The molecule has 0 saturated carbocycles. The van der Waals surface area contributed by atoms with Crippen LogP contribution in [0.15, 0.2) is 42.0 Å². The number of aromatic nitrogens is 2. The van der Waals surface area contributed by atoms with Gasteiger partial charge < -0.3 is 11.1 Å². The first-order chi connectivity index (χ1) is 9.38. The van der Waals surface area contributed by atoms with Gasteiger partial charge in [0.05, 0.1) is 5.39 Å². The van der Waals surface area contributed by atoms with Crippen molar-refractivity contribution in [2.75, 3.05) is 5.32 Å². The van der Waals surface area contributed by atoms with E-state index in [1.54, 1.807) is 17.7 Å². The molecule has 0 aliphatic rings. The van der Waals surface area contributed by atoms with Crippen molar-refractivity contribution in [1.29, 1.82) is 0 Å². The lowest BCUT2D eigenvalue weighted by molar-refractivity contribution is 1.00. The fourth-order valence-corrected chi connectivity index (χ4v) is 2.77. The third-order valence-electron chi connectivity index (χ3n) is 3.05. The van der Waals surface area contributed by atoms with Crippen molar-refractivity contribution in [2.45, 2.75) is 13.1 Å². The predicted octanol–water partition coefficient (Wildman–Crippen LogP) is 2.76. The maximum Gasteiger partial charge on any atom is 0.138 e. The van der Waals surface area contributed by atoms with Gasteiger partial charge in [0.1, 0.15) is 17.0 Å². The van der Waals surface area contributed by atoms with Gasteiger partial charge in [-0.3, -0.25) is 0 Å². The zero-order chi connectivity index (χ0) is 13.1. The Morgan fingerprint density at radius 1 is 1.11 bits per heavy atom. The number of anilines is 1. The summed E-state index contributed by atoms with van der Waals surface area (Å²) in [5.41, 5.74) is 8.10. The lowest BCUT2D eigenvalue weighted by Gasteiger charge is -2.10. The van der Waals surface area contributed by atoms with Crippen LogP contribution in [-0.4, -0.2) is 9.97 Å². The van der Waals surface area contributed by atoms with Gasteiger partial charge >= 0.3 is 0 Å². The molecule has 0 bridgehead atoms. The summed E-state index contributed by atoms with van der Waals surface area (Å²) < 4.78 is 0. The maximum atomic E-state index is 5.74. The largest absolute Gasteiger partial charge is 0.365 e. The first-order valence-electron chi connectivity index (χ1n) is 6.07. The lowest BCUT2D eigenvalue weighted by Crippen LogP contribution is -2.07. The molecule has 3 rings (SSSR count). The first-order valence-corrected chi connectivity index (χ1v) is 6.95. The molecule has 0 aliphatic heterocycles. The van der Waals surface area contributed by atoms with Crippen molar-refractivity contribution >= 4 is 27.4 Å². The molecule has 19 heavy (non-hydrogen) atoms. The minimum atomic E-state index is 0.551. The van der Waals surface area contributed by atoms with E-state index in [0.717, 1.165) is 28.1 Å². The van der Waals surface area contributed by atoms with E-state index in [0.29, 0.717) is 6.54 Å². The molecule has 3 N–H and O–H groups in total. The Morgan fingerprint density at radius 2 is 1.95 bits per heavy atom. The normalized spacial score (nSPS) is 10.8. The van der Waals surface area contributed by atoms with Crippen LogP contribution < -0.4 is 11.1 Å². The highest BCUT2D eigenvalue weighted by Gasteiger charge is 2.05. The van der Waals surface area contributed by atoms with E-state index in [-0.39, 0.29) is 0 Å². The number of fused-ring (bicyclic) bond motifs is 1. The van der Waals surface area contributed by atoms with Crippen LogP contribution in [0.2, 0.25) is 0 Å². The maximum absolute atomic E-state index is 5.74. The molecule has 2 aromatic heterocycles. The third-order valence-corrected chi connectivity index (χ3v) is 3.87. The van der Waals surface area contributed by atoms with Gasteiger partial charge in [-0.2, -0.15) is 0 Å². The van der Waals surface area contributed by atoms with Crippen molar-refractivity contribution in [3.8, 4) is 0 Å². The monoisotopic (exact) mass is 270 g/mol. The summed E-state index contributed by atoms with van der Waals surface area (Å²) in [5, 5.41) is 6.46. The molecular formula is C14H14N4S. The topological polar surface area (TPSA) is 63.8 Å². The molecule has 0 radical (unpaired) electrons. The molecule has 0 unspecified atom stereocenters. The predicted molar refractivity (Wildman–Crippen MR) is 79.1 cm³/mol. The second-order valence-electron chi connectivity index (χ2n) is 4.19. The number of thiophene rings is 1. The van der Waals surface area contributed by atoms with Crippen LogP contribution in [0.5, 0.6) is 0 Å². The lowest BCUT2D eigenvalue weighted by atomic mass is 10.1. The Hall–Kier alpha value is -1.98. The number of benzene rings is 1. The SMILES string of the molecule is NCc1ccccc1CNc1ncnc2sccc12. The van der Waals surface area contributed by atoms with Gasteiger partial charge in [-0.25, -0.2) is 9.97 Å². The Morgan fingerprint density at radius 3 is 2.79 bits per heavy atom. The second-order valence-corrected chi connectivity index (χ2v) is 5.08. The van der Waals surface area contributed by atoms with E-state index in [1.807, 2.05) is 23.6 Å². The number of nitrogens with one attached hydrogen (secondary N) is 1. The van der Waals surface area contributed by atoms with Crippen molar-refractivity contribution < 1.29 is 0 Å². The van der Waals surface area contributed by atoms with Crippen molar-refractivity contribution in [3.05, 3.63) is 53.2 Å². The minimum Gasteiger partial charge on any atom is -0.365 e. The smallest absolute Gasteiger partial charge is 0.138 e. The summed E-state index contributed by atoms with van der Waals surface area (Å²) in [7, 11) is 0. The van der Waals surface area contributed by atoms with Crippen LogP contribution in [-0.2, 0) is 13.1 Å². The average Bonchev–Trinajstić information content (AvgIpc) is 2.94. The Kier molecular flexibility index (Phi) is 3.39. The van der Waals surface area contributed by atoms with E-state index >= 15 is 0 Å². The molecule has 0 amide bonds. The van der Waals surface area contributed by atoms with Crippen LogP contribution >= 0.6 is 11.3 Å². The summed E-state index contributed by atoms with van der Waals surface area (Å²) in [6.07, 6.45) is 1.59. The van der Waals surface area contributed by atoms with Gasteiger partial charge in [0.2, 0.25) is 0 Å². The third kappa shape index (κ3) is 2.43. The standard InChI is InChI=1S/C14H14N4S/c15-7-10-3-1-2-4-11(10)8-16-13-12-5-6-19-14(12)18-9-17-13/h1-6,9H,7-8,15H2,(H,16,17,18). The van der Waals surface area contributed by atoms with Gasteiger partial charge in [-0.05, 0) is 22.6 Å². The molecule has 0 spiro atoms. The molecule has 0 fully saturated rings. The molecule has 1 aromatic carbocycles. The highest BCUT2D eigenvalue weighted by molar-refractivity contribution is 7.16. The molecular weight excluding hydrogens is 256 g/mol. The highest BCUT2D eigenvalue weighted by Crippen LogP contribution is 2.24. The Balaban J connectivity index is 1.84. The van der Waals surface area contributed by atoms with Gasteiger partial charge in [0, 0.05) is 13.1 Å². The summed E-state index contributed by atoms with van der Waals surface area (Å²) >= 11 is 1.62. The van der Waals surface area contributed by atoms with E-state index in [4.69, 9.17) is 5.73 Å². The molecule has 0 saturated heterocycles. The number of rotatable bonds is 4. The highest BCUT2D eigenvalue weighted by atomic mass is 32.1. The summed E-state index contributed by atoms with van der Waals surface area (Å²) in [4.78, 5) is 9.55. The van der Waals surface area contributed by atoms with Crippen LogP contribution in [0.1, 0.15) is 11.1 Å². The Labute approximate surface area is 115 Å². The van der Waals surface area contributed by atoms with Crippen molar-refractivity contribution in [2.24, 2.45) is 5.73 Å². The van der Waals surface area contributed by atoms with Crippen molar-refractivity contribution in [3.63, 3.8) is 0 Å². The number of hydrogen-bond acceptors (Lipinski definition) is 5. The van der Waals surface area contributed by atoms with Crippen LogP contribution in [0.4, 0.5) is 5.82 Å². The molecule has 4 nitrogen and oxygen atoms in total. The minimum absolute atomic E-state index is 0.551. The molecule has 96 valence electrons. The fourth-order valence-electron chi connectivity index (χ4n) is 2.04. The number of hydrogen-bond donors (Lipinski definition) is 2. The number of nitrogens with zero attached hydrogens (tertiary/aromatic N) is 2. The fraction of sp³-hybridized carbons (Fsp3) is 0.143. The van der Waals surface area contributed by atoms with Crippen LogP contribution in [0, 0.1) is 0 Å². The van der Waals surface area contributed by atoms with Crippen LogP contribution in [0.25, 0.3) is 10.2 Å². The molecule has 0 atom stereocenters. The summed E-state index contributed by atoms with van der Waals surface area (Å²) in [5.74, 6) is 0.873. The quantitative estimate of drug-likeness (QED) is 0.765. The molecule has 2 heterocycles. The second kappa shape index (κ2) is 5.34. The first kappa shape index (κ1) is 12.1. The van der Waals surface area contributed by atoms with E-state index in [2.05, 4.69) is 27.4 Å². The zero-order valence-corrected chi connectivity index (χ0v) is 11.2. The zero-order valence-electron chi connectivity index (χ0n) is 10.3. The van der Waals surface area contributed by atoms with Gasteiger partial charge in [0.25, 0.3) is 0 Å². The van der Waals surface area contributed by atoms with Crippen LogP contribution in [0.3, 0.4) is 0 Å². The van der Waals surface area contributed by atoms with E-state index in [1.165, 1.54) is 5.56 Å². The van der Waals surface area contributed by atoms with E-state index < -0.39 is 0 Å². The average molecular weight is 270 g/mol. The van der Waals surface area contributed by atoms with Gasteiger partial charge in [-0.15, -0.1) is 11.3 Å². The summed E-state index contributed by atoms with van der Waals surface area (Å²) in [6, 6.07) is 10.2. The van der Waals surface area contributed by atoms with Gasteiger partial charge in [-0.1, -0.05) is 24.3 Å². The van der Waals surface area contributed by atoms with Crippen molar-refractivity contribution in [1.82, 2.24) is 9.97 Å². The molecule has 0 aliphatic carbocycles.